The van der Waals surface area contributed by atoms with Crippen LogP contribution >= 0.6 is 0 Å². The third kappa shape index (κ3) is 4.87. The summed E-state index contributed by atoms with van der Waals surface area (Å²) in [6.45, 7) is 4.61. The molecule has 5 heteroatoms. The standard InChI is InChI=1S/C51H37N5/c1-51(2,34-15-5-3-6-16-34)35-27-29-40-39-28-26-33(31-45(39)56(46(40)32-35)47-25-11-12-30-52-47)37-20-14-24-44-49(37)54-50(55(44)36-17-7-4-8-18-36)42-22-13-21-41-38-19-9-10-23-43(38)53-48(41)42/h3-32,53H,1-2H3. The second-order valence-electron chi connectivity index (χ2n) is 15.2. The predicted molar refractivity (Wildman–Crippen MR) is 232 cm³/mol. The molecule has 0 unspecified atom stereocenters. The number of H-pyrrole nitrogens is 1. The number of benzene rings is 7. The lowest BCUT2D eigenvalue weighted by Crippen LogP contribution is -2.18. The number of para-hydroxylation sites is 4. The van der Waals surface area contributed by atoms with Gasteiger partial charge in [0.2, 0.25) is 0 Å². The number of nitrogens with one attached hydrogen (secondary N) is 1. The third-order valence-corrected chi connectivity index (χ3v) is 11.7. The fourth-order valence-corrected chi connectivity index (χ4v) is 8.74. The molecule has 11 rings (SSSR count). The van der Waals surface area contributed by atoms with Crippen LogP contribution in [0.1, 0.15) is 25.0 Å². The van der Waals surface area contributed by atoms with Crippen molar-refractivity contribution in [3.63, 3.8) is 0 Å². The summed E-state index contributed by atoms with van der Waals surface area (Å²) in [5.41, 5.74) is 13.1. The van der Waals surface area contributed by atoms with Crippen LogP contribution < -0.4 is 0 Å². The fourth-order valence-electron chi connectivity index (χ4n) is 8.74. The van der Waals surface area contributed by atoms with Crippen LogP contribution in [0, 0.1) is 0 Å². The van der Waals surface area contributed by atoms with Crippen LogP contribution in [0.3, 0.4) is 0 Å². The number of imidazole rings is 1. The molecule has 0 saturated carbocycles. The Balaban J connectivity index is 1.15. The molecular weight excluding hydrogens is 683 g/mol. The number of aromatic amines is 1. The molecule has 4 aromatic heterocycles. The quantitative estimate of drug-likeness (QED) is 0.186. The first-order valence-electron chi connectivity index (χ1n) is 19.2. The normalized spacial score (nSPS) is 12.1. The van der Waals surface area contributed by atoms with Crippen molar-refractivity contribution >= 4 is 54.6 Å². The Kier molecular flexibility index (Phi) is 7.13. The maximum Gasteiger partial charge on any atom is 0.147 e. The maximum absolute atomic E-state index is 5.55. The van der Waals surface area contributed by atoms with Crippen molar-refractivity contribution in [2.75, 3.05) is 0 Å². The molecule has 0 saturated heterocycles. The number of nitrogens with zero attached hydrogens (tertiary/aromatic N) is 4. The molecule has 266 valence electrons. The van der Waals surface area contributed by atoms with Crippen LogP contribution in [0.2, 0.25) is 0 Å². The van der Waals surface area contributed by atoms with E-state index in [9.17, 15) is 0 Å². The van der Waals surface area contributed by atoms with Crippen molar-refractivity contribution < 1.29 is 0 Å². The molecule has 0 bridgehead atoms. The number of pyridine rings is 1. The summed E-state index contributed by atoms with van der Waals surface area (Å²) in [5, 5.41) is 4.78. The van der Waals surface area contributed by atoms with Crippen LogP contribution in [-0.4, -0.2) is 24.1 Å². The topological polar surface area (TPSA) is 51.4 Å². The summed E-state index contributed by atoms with van der Waals surface area (Å²) in [7, 11) is 0. The van der Waals surface area contributed by atoms with Gasteiger partial charge in [0.1, 0.15) is 11.6 Å². The Labute approximate surface area is 324 Å². The minimum atomic E-state index is -0.186. The van der Waals surface area contributed by atoms with Gasteiger partial charge in [-0.15, -0.1) is 0 Å². The summed E-state index contributed by atoms with van der Waals surface area (Å²) >= 11 is 0. The summed E-state index contributed by atoms with van der Waals surface area (Å²) < 4.78 is 4.63. The van der Waals surface area contributed by atoms with Gasteiger partial charge in [0, 0.05) is 55.5 Å². The van der Waals surface area contributed by atoms with Gasteiger partial charge < -0.3 is 4.98 Å². The fraction of sp³-hybridized carbons (Fsp3) is 0.0588. The maximum atomic E-state index is 5.55. The van der Waals surface area contributed by atoms with E-state index < -0.39 is 0 Å². The summed E-state index contributed by atoms with van der Waals surface area (Å²) in [6, 6.07) is 62.8. The first-order chi connectivity index (χ1) is 27.5. The highest BCUT2D eigenvalue weighted by atomic mass is 15.1. The highest BCUT2D eigenvalue weighted by Crippen LogP contribution is 2.41. The molecule has 0 aliphatic carbocycles. The van der Waals surface area contributed by atoms with E-state index in [1.165, 1.54) is 32.7 Å². The van der Waals surface area contributed by atoms with Gasteiger partial charge in [0.25, 0.3) is 0 Å². The number of rotatable bonds is 6. The molecule has 0 fully saturated rings. The first kappa shape index (κ1) is 32.2. The molecule has 5 nitrogen and oxygen atoms in total. The molecule has 1 N–H and O–H groups in total. The van der Waals surface area contributed by atoms with Crippen LogP contribution in [0.4, 0.5) is 0 Å². The van der Waals surface area contributed by atoms with Crippen molar-refractivity contribution in [1.29, 1.82) is 0 Å². The highest BCUT2D eigenvalue weighted by molar-refractivity contribution is 6.13. The van der Waals surface area contributed by atoms with Crippen molar-refractivity contribution in [1.82, 2.24) is 24.1 Å². The SMILES string of the molecule is CC(C)(c1ccccc1)c1ccc2c3ccc(-c4cccc5c4nc(-c4cccc6c4[nH]c4ccccc46)n5-c4ccccc4)cc3n(-c3ccccn3)c2c1. The van der Waals surface area contributed by atoms with Crippen LogP contribution in [0.25, 0.3) is 88.7 Å². The highest BCUT2D eigenvalue weighted by Gasteiger charge is 2.26. The monoisotopic (exact) mass is 719 g/mol. The molecule has 0 atom stereocenters. The van der Waals surface area contributed by atoms with E-state index in [4.69, 9.17) is 9.97 Å². The van der Waals surface area contributed by atoms with E-state index in [1.807, 2.05) is 12.3 Å². The molecule has 7 aromatic carbocycles. The smallest absolute Gasteiger partial charge is 0.147 e. The van der Waals surface area contributed by atoms with E-state index in [0.29, 0.717) is 0 Å². The Hall–Kier alpha value is -7.24. The molecule has 56 heavy (non-hydrogen) atoms. The van der Waals surface area contributed by atoms with Crippen LogP contribution in [0.5, 0.6) is 0 Å². The lowest BCUT2D eigenvalue weighted by molar-refractivity contribution is 0.641. The van der Waals surface area contributed by atoms with Gasteiger partial charge in [-0.3, -0.25) is 9.13 Å². The number of hydrogen-bond acceptors (Lipinski definition) is 2. The molecule has 0 amide bonds. The Morgan fingerprint density at radius 1 is 0.500 bits per heavy atom. The first-order valence-corrected chi connectivity index (χ1v) is 19.2. The largest absolute Gasteiger partial charge is 0.354 e. The van der Waals surface area contributed by atoms with E-state index >= 15 is 0 Å². The zero-order chi connectivity index (χ0) is 37.4. The van der Waals surface area contributed by atoms with Gasteiger partial charge in [-0.25, -0.2) is 9.97 Å². The predicted octanol–water partition coefficient (Wildman–Crippen LogP) is 12.8. The van der Waals surface area contributed by atoms with Crippen LogP contribution in [0.15, 0.2) is 182 Å². The van der Waals surface area contributed by atoms with Gasteiger partial charge in [0.15, 0.2) is 0 Å². The summed E-state index contributed by atoms with van der Waals surface area (Å²) in [5.74, 6) is 1.78. The number of aromatic nitrogens is 5. The molecule has 0 radical (unpaired) electrons. The molecular formula is C51H37N5. The van der Waals surface area contributed by atoms with Gasteiger partial charge >= 0.3 is 0 Å². The van der Waals surface area contributed by atoms with E-state index in [2.05, 4.69) is 198 Å². The zero-order valence-corrected chi connectivity index (χ0v) is 31.1. The van der Waals surface area contributed by atoms with Crippen molar-refractivity contribution in [2.24, 2.45) is 0 Å². The Morgan fingerprint density at radius 3 is 2.02 bits per heavy atom. The van der Waals surface area contributed by atoms with Gasteiger partial charge in [-0.1, -0.05) is 135 Å². The molecule has 11 aromatic rings. The second-order valence-corrected chi connectivity index (χ2v) is 15.2. The van der Waals surface area contributed by atoms with Crippen molar-refractivity contribution in [2.45, 2.75) is 19.3 Å². The zero-order valence-electron chi connectivity index (χ0n) is 31.1. The van der Waals surface area contributed by atoms with Gasteiger partial charge in [-0.05, 0) is 71.3 Å². The second kappa shape index (κ2) is 12.4. The molecule has 0 spiro atoms. The Bertz CT molecular complexity index is 3260. The van der Waals surface area contributed by atoms with E-state index in [1.54, 1.807) is 0 Å². The van der Waals surface area contributed by atoms with Gasteiger partial charge in [0.05, 0.1) is 27.6 Å². The average Bonchev–Trinajstić information content (AvgIpc) is 3.94. The summed E-state index contributed by atoms with van der Waals surface area (Å²) in [6.07, 6.45) is 1.88. The Morgan fingerprint density at radius 2 is 1.20 bits per heavy atom. The lowest BCUT2D eigenvalue weighted by Gasteiger charge is -2.26. The van der Waals surface area contributed by atoms with Crippen LogP contribution in [-0.2, 0) is 5.41 Å². The van der Waals surface area contributed by atoms with Crippen molar-refractivity contribution in [3.8, 4) is 34.0 Å². The molecule has 4 heterocycles. The van der Waals surface area contributed by atoms with E-state index in [0.717, 1.165) is 67.1 Å². The lowest BCUT2D eigenvalue weighted by atomic mass is 9.78. The van der Waals surface area contributed by atoms with Crippen molar-refractivity contribution in [3.05, 3.63) is 193 Å². The number of hydrogen-bond donors (Lipinski definition) is 1. The minimum Gasteiger partial charge on any atom is -0.354 e. The third-order valence-electron chi connectivity index (χ3n) is 11.7. The summed E-state index contributed by atoms with van der Waals surface area (Å²) in [4.78, 5) is 14.2. The number of fused-ring (bicyclic) bond motifs is 7. The molecule has 0 aliphatic rings. The average molecular weight is 720 g/mol. The minimum absolute atomic E-state index is 0.186. The van der Waals surface area contributed by atoms with E-state index in [-0.39, 0.29) is 5.41 Å². The molecule has 0 aliphatic heterocycles. The van der Waals surface area contributed by atoms with Gasteiger partial charge in [-0.2, -0.15) is 0 Å².